The Kier molecular flexibility index (Phi) is 14.8. The SMILES string of the molecule is O=C(O)CCOCC(COCCC(=O)O)NC(=O)N[C@@H](COCC(=O)O)C(=O)OCc1ccccc1. The van der Waals surface area contributed by atoms with Gasteiger partial charge >= 0.3 is 29.9 Å². The first kappa shape index (κ1) is 30.3. The number of carboxylic acid groups (broad SMARTS) is 3. The number of carbonyl (C=O) groups is 5. The van der Waals surface area contributed by atoms with Crippen LogP contribution in [-0.4, -0.2) is 97.0 Å². The number of hydrogen-bond donors (Lipinski definition) is 5. The van der Waals surface area contributed by atoms with Gasteiger partial charge in [0, 0.05) is 0 Å². The molecule has 14 nitrogen and oxygen atoms in total. The molecule has 2 amide bonds. The number of amides is 2. The number of aliphatic carboxylic acids is 3. The van der Waals surface area contributed by atoms with Gasteiger partial charge in [0.05, 0.1) is 51.9 Å². The Bertz CT molecular complexity index is 827. The zero-order chi connectivity index (χ0) is 26.8. The maximum atomic E-state index is 12.5. The number of nitrogens with one attached hydrogen (secondary N) is 2. The lowest BCUT2D eigenvalue weighted by Gasteiger charge is -2.22. The topological polar surface area (TPSA) is 207 Å². The minimum Gasteiger partial charge on any atom is -0.481 e. The van der Waals surface area contributed by atoms with Crippen LogP contribution >= 0.6 is 0 Å². The van der Waals surface area contributed by atoms with Crippen molar-refractivity contribution in [3.05, 3.63) is 35.9 Å². The van der Waals surface area contributed by atoms with Gasteiger partial charge in [-0.3, -0.25) is 9.59 Å². The number of carbonyl (C=O) groups excluding carboxylic acids is 2. The molecule has 200 valence electrons. The third kappa shape index (κ3) is 15.2. The van der Waals surface area contributed by atoms with Crippen LogP contribution in [0, 0.1) is 0 Å². The second-order valence-electron chi connectivity index (χ2n) is 7.31. The highest BCUT2D eigenvalue weighted by Crippen LogP contribution is 2.03. The fraction of sp³-hybridized carbons (Fsp3) is 0.500. The van der Waals surface area contributed by atoms with Gasteiger partial charge in [0.15, 0.2) is 6.04 Å². The lowest BCUT2D eigenvalue weighted by molar-refractivity contribution is -0.151. The van der Waals surface area contributed by atoms with Crippen LogP contribution < -0.4 is 10.6 Å². The summed E-state index contributed by atoms with van der Waals surface area (Å²) in [5.74, 6) is -4.29. The molecule has 1 atom stereocenters. The van der Waals surface area contributed by atoms with Crippen molar-refractivity contribution in [3.63, 3.8) is 0 Å². The van der Waals surface area contributed by atoms with Gasteiger partial charge in [0.2, 0.25) is 0 Å². The van der Waals surface area contributed by atoms with Crippen LogP contribution in [0.4, 0.5) is 4.79 Å². The number of carboxylic acids is 3. The van der Waals surface area contributed by atoms with Gasteiger partial charge in [-0.2, -0.15) is 0 Å². The summed E-state index contributed by atoms with van der Waals surface area (Å²) in [6.07, 6.45) is -0.538. The largest absolute Gasteiger partial charge is 0.481 e. The van der Waals surface area contributed by atoms with Crippen molar-refractivity contribution in [3.8, 4) is 0 Å². The van der Waals surface area contributed by atoms with E-state index in [1.165, 1.54) is 0 Å². The molecule has 1 rings (SSSR count). The molecule has 0 aliphatic carbocycles. The normalized spacial score (nSPS) is 11.5. The lowest BCUT2D eigenvalue weighted by Crippen LogP contribution is -2.53. The molecule has 1 aromatic carbocycles. The molecule has 0 spiro atoms. The summed E-state index contributed by atoms with van der Waals surface area (Å²) < 4.78 is 20.6. The van der Waals surface area contributed by atoms with E-state index in [0.29, 0.717) is 5.56 Å². The van der Waals surface area contributed by atoms with Gasteiger partial charge in [0.1, 0.15) is 13.2 Å². The molecule has 0 fully saturated rings. The van der Waals surface area contributed by atoms with Crippen LogP contribution in [0.25, 0.3) is 0 Å². The van der Waals surface area contributed by atoms with Crippen molar-refractivity contribution in [1.29, 1.82) is 0 Å². The summed E-state index contributed by atoms with van der Waals surface area (Å²) in [5, 5.41) is 30.9. The van der Waals surface area contributed by atoms with Gasteiger partial charge < -0.3 is 44.9 Å². The maximum absolute atomic E-state index is 12.5. The predicted octanol–water partition coefficient (Wildman–Crippen LogP) is -0.150. The molecule has 36 heavy (non-hydrogen) atoms. The Labute approximate surface area is 206 Å². The molecule has 1 aromatic rings. The van der Waals surface area contributed by atoms with Gasteiger partial charge in [-0.25, -0.2) is 14.4 Å². The molecule has 0 aliphatic rings. The number of esters is 1. The van der Waals surface area contributed by atoms with Crippen LogP contribution in [0.3, 0.4) is 0 Å². The standard InChI is InChI=1S/C22H30N2O12/c25-18(26)6-8-33-11-16(12-34-9-7-19(27)28)23-22(32)24-17(13-35-14-20(29)30)21(31)36-10-15-4-2-1-3-5-15/h1-5,16-17H,6-14H2,(H,25,26)(H,27,28)(H,29,30)(H2,23,24,32)/t17-/m0/s1. The zero-order valence-electron chi connectivity index (χ0n) is 19.4. The quantitative estimate of drug-likeness (QED) is 0.121. The highest BCUT2D eigenvalue weighted by molar-refractivity contribution is 5.84. The Morgan fingerprint density at radius 2 is 1.33 bits per heavy atom. The van der Waals surface area contributed by atoms with E-state index in [4.69, 9.17) is 34.3 Å². The van der Waals surface area contributed by atoms with Crippen molar-refractivity contribution >= 4 is 29.9 Å². The predicted molar refractivity (Wildman–Crippen MR) is 120 cm³/mol. The molecule has 5 N–H and O–H groups in total. The fourth-order valence-electron chi connectivity index (χ4n) is 2.55. The molecule has 0 saturated heterocycles. The summed E-state index contributed by atoms with van der Waals surface area (Å²) in [5.41, 5.74) is 0.692. The van der Waals surface area contributed by atoms with E-state index >= 15 is 0 Å². The van der Waals surface area contributed by atoms with Gasteiger partial charge in [0.25, 0.3) is 0 Å². The summed E-state index contributed by atoms with van der Waals surface area (Å²) in [6, 6.07) is 5.68. The molecule has 0 bridgehead atoms. The van der Waals surface area contributed by atoms with Gasteiger partial charge in [-0.1, -0.05) is 30.3 Å². The average Bonchev–Trinajstić information content (AvgIpc) is 2.82. The van der Waals surface area contributed by atoms with E-state index < -0.39 is 55.2 Å². The van der Waals surface area contributed by atoms with E-state index in [0.717, 1.165) is 0 Å². The van der Waals surface area contributed by atoms with E-state index in [2.05, 4.69) is 10.6 Å². The molecule has 0 saturated carbocycles. The van der Waals surface area contributed by atoms with Crippen LogP contribution in [0.1, 0.15) is 18.4 Å². The number of ether oxygens (including phenoxy) is 4. The number of benzene rings is 1. The maximum Gasteiger partial charge on any atom is 0.331 e. The van der Waals surface area contributed by atoms with E-state index in [1.807, 2.05) is 0 Å². The molecule has 0 aliphatic heterocycles. The average molecular weight is 514 g/mol. The van der Waals surface area contributed by atoms with E-state index in [-0.39, 0.29) is 45.9 Å². The molecule has 0 aromatic heterocycles. The second kappa shape index (κ2) is 17.7. The molecule has 0 radical (unpaired) electrons. The van der Waals surface area contributed by atoms with Crippen LogP contribution in [0.15, 0.2) is 30.3 Å². The lowest BCUT2D eigenvalue weighted by atomic mass is 10.2. The van der Waals surface area contributed by atoms with Crippen molar-refractivity contribution in [2.45, 2.75) is 31.5 Å². The molecular weight excluding hydrogens is 484 g/mol. The Balaban J connectivity index is 2.70. The molecular formula is C22H30N2O12. The van der Waals surface area contributed by atoms with Crippen molar-refractivity contribution in [2.24, 2.45) is 0 Å². The first-order valence-electron chi connectivity index (χ1n) is 10.8. The summed E-state index contributed by atoms with van der Waals surface area (Å²) in [7, 11) is 0. The first-order valence-corrected chi connectivity index (χ1v) is 10.8. The number of hydrogen-bond acceptors (Lipinski definition) is 9. The number of rotatable bonds is 19. The van der Waals surface area contributed by atoms with Crippen molar-refractivity contribution in [1.82, 2.24) is 10.6 Å². The summed E-state index contributed by atoms with van der Waals surface area (Å²) >= 11 is 0. The minimum atomic E-state index is -1.35. The highest BCUT2D eigenvalue weighted by Gasteiger charge is 2.25. The van der Waals surface area contributed by atoms with Crippen LogP contribution in [0.5, 0.6) is 0 Å². The fourth-order valence-corrected chi connectivity index (χ4v) is 2.55. The second-order valence-corrected chi connectivity index (χ2v) is 7.31. The highest BCUT2D eigenvalue weighted by atomic mass is 16.5. The smallest absolute Gasteiger partial charge is 0.331 e. The minimum absolute atomic E-state index is 0.0874. The zero-order valence-corrected chi connectivity index (χ0v) is 19.4. The van der Waals surface area contributed by atoms with Crippen LogP contribution in [-0.2, 0) is 44.7 Å². The number of urea groups is 1. The van der Waals surface area contributed by atoms with E-state index in [9.17, 15) is 24.0 Å². The summed E-state index contributed by atoms with van der Waals surface area (Å²) in [4.78, 5) is 57.0. The molecule has 14 heteroatoms. The monoisotopic (exact) mass is 514 g/mol. The Morgan fingerprint density at radius 3 is 1.86 bits per heavy atom. The third-order valence-corrected chi connectivity index (χ3v) is 4.22. The van der Waals surface area contributed by atoms with E-state index in [1.54, 1.807) is 30.3 Å². The Hall–Kier alpha value is -3.75. The van der Waals surface area contributed by atoms with Crippen molar-refractivity contribution < 1.29 is 58.2 Å². The molecule has 0 unspecified atom stereocenters. The van der Waals surface area contributed by atoms with Crippen LogP contribution in [0.2, 0.25) is 0 Å². The third-order valence-electron chi connectivity index (χ3n) is 4.22. The summed E-state index contributed by atoms with van der Waals surface area (Å²) in [6.45, 7) is -1.87. The van der Waals surface area contributed by atoms with Gasteiger partial charge in [-0.15, -0.1) is 0 Å². The Morgan fingerprint density at radius 1 is 0.750 bits per heavy atom. The first-order chi connectivity index (χ1) is 17.2. The van der Waals surface area contributed by atoms with Gasteiger partial charge in [-0.05, 0) is 5.56 Å². The molecule has 0 heterocycles. The van der Waals surface area contributed by atoms with Crippen molar-refractivity contribution in [2.75, 3.05) is 39.6 Å².